The van der Waals surface area contributed by atoms with Gasteiger partial charge in [-0.1, -0.05) is 12.8 Å². The van der Waals surface area contributed by atoms with E-state index in [4.69, 9.17) is 9.84 Å². The molecule has 1 amide bonds. The fourth-order valence-corrected chi connectivity index (χ4v) is 1.78. The monoisotopic (exact) mass is 280 g/mol. The number of ether oxygens (including phenoxy) is 1. The Morgan fingerprint density at radius 2 is 2.05 bits per heavy atom. The molecule has 0 unspecified atom stereocenters. The normalized spacial score (nSPS) is 10.1. The first-order valence-corrected chi connectivity index (χ1v) is 6.63. The highest BCUT2D eigenvalue weighted by Gasteiger charge is 2.10. The maximum Gasteiger partial charge on any atom is 0.303 e. The second-order valence-corrected chi connectivity index (χ2v) is 4.39. The van der Waals surface area contributed by atoms with E-state index in [0.29, 0.717) is 24.3 Å². The Labute approximate surface area is 118 Å². The van der Waals surface area contributed by atoms with Gasteiger partial charge >= 0.3 is 5.97 Å². The molecule has 1 heterocycles. The van der Waals surface area contributed by atoms with E-state index in [2.05, 4.69) is 10.3 Å². The zero-order valence-electron chi connectivity index (χ0n) is 11.6. The molecule has 0 aromatic carbocycles. The number of nitrogens with one attached hydrogen (secondary N) is 1. The van der Waals surface area contributed by atoms with Crippen molar-refractivity contribution in [3.63, 3.8) is 0 Å². The number of methoxy groups -OCH3 is 1. The molecule has 0 aliphatic heterocycles. The SMILES string of the molecule is COc1cnccc1C(=O)NCCCCCCC(=O)O. The molecule has 110 valence electrons. The number of amides is 1. The molecule has 0 spiro atoms. The van der Waals surface area contributed by atoms with E-state index in [1.807, 2.05) is 0 Å². The molecule has 0 fully saturated rings. The van der Waals surface area contributed by atoms with Crippen molar-refractivity contribution in [3.05, 3.63) is 24.0 Å². The van der Waals surface area contributed by atoms with Crippen molar-refractivity contribution in [2.45, 2.75) is 32.1 Å². The number of pyridine rings is 1. The van der Waals surface area contributed by atoms with Crippen molar-refractivity contribution in [2.24, 2.45) is 0 Å². The number of unbranched alkanes of at least 4 members (excludes halogenated alkanes) is 3. The molecule has 0 atom stereocenters. The summed E-state index contributed by atoms with van der Waals surface area (Å²) in [5.74, 6) is -0.496. The van der Waals surface area contributed by atoms with Gasteiger partial charge in [0.2, 0.25) is 0 Å². The Morgan fingerprint density at radius 3 is 2.75 bits per heavy atom. The van der Waals surface area contributed by atoms with Crippen molar-refractivity contribution >= 4 is 11.9 Å². The van der Waals surface area contributed by atoms with Crippen LogP contribution in [0.3, 0.4) is 0 Å². The second kappa shape index (κ2) is 8.90. The molecule has 1 rings (SSSR count). The van der Waals surface area contributed by atoms with E-state index < -0.39 is 5.97 Å². The molecular formula is C14H20N2O4. The van der Waals surface area contributed by atoms with Gasteiger partial charge in [-0.2, -0.15) is 0 Å². The van der Waals surface area contributed by atoms with Crippen molar-refractivity contribution in [3.8, 4) is 5.75 Å². The molecule has 2 N–H and O–H groups in total. The lowest BCUT2D eigenvalue weighted by molar-refractivity contribution is -0.137. The number of rotatable bonds is 9. The van der Waals surface area contributed by atoms with Crippen LogP contribution < -0.4 is 10.1 Å². The fourth-order valence-electron chi connectivity index (χ4n) is 1.78. The number of carboxylic acid groups (broad SMARTS) is 1. The number of hydrogen-bond acceptors (Lipinski definition) is 4. The van der Waals surface area contributed by atoms with E-state index in [0.717, 1.165) is 19.3 Å². The fraction of sp³-hybridized carbons (Fsp3) is 0.500. The average Bonchev–Trinajstić information content (AvgIpc) is 2.45. The second-order valence-electron chi connectivity index (χ2n) is 4.39. The summed E-state index contributed by atoms with van der Waals surface area (Å²) in [4.78, 5) is 26.1. The largest absolute Gasteiger partial charge is 0.494 e. The molecule has 1 aromatic heterocycles. The van der Waals surface area contributed by atoms with Crippen LogP contribution >= 0.6 is 0 Å². The van der Waals surface area contributed by atoms with Gasteiger partial charge in [0.15, 0.2) is 0 Å². The number of hydrogen-bond donors (Lipinski definition) is 2. The summed E-state index contributed by atoms with van der Waals surface area (Å²) in [7, 11) is 1.50. The highest BCUT2D eigenvalue weighted by molar-refractivity contribution is 5.96. The summed E-state index contributed by atoms with van der Waals surface area (Å²) in [6.45, 7) is 0.567. The number of carbonyl (C=O) groups is 2. The Hall–Kier alpha value is -2.11. The molecule has 6 heteroatoms. The predicted octanol–water partition coefficient (Wildman–Crippen LogP) is 1.86. The van der Waals surface area contributed by atoms with Gasteiger partial charge in [0.25, 0.3) is 5.91 Å². The van der Waals surface area contributed by atoms with Crippen LogP contribution in [-0.4, -0.2) is 35.6 Å². The zero-order chi connectivity index (χ0) is 14.8. The molecule has 0 aliphatic carbocycles. The van der Waals surface area contributed by atoms with E-state index in [-0.39, 0.29) is 12.3 Å². The smallest absolute Gasteiger partial charge is 0.303 e. The molecule has 0 bridgehead atoms. The van der Waals surface area contributed by atoms with Gasteiger partial charge in [0.1, 0.15) is 5.75 Å². The van der Waals surface area contributed by atoms with Gasteiger partial charge in [0, 0.05) is 19.2 Å². The predicted molar refractivity (Wildman–Crippen MR) is 73.8 cm³/mol. The van der Waals surface area contributed by atoms with Crippen molar-refractivity contribution in [2.75, 3.05) is 13.7 Å². The van der Waals surface area contributed by atoms with Gasteiger partial charge in [-0.05, 0) is 18.9 Å². The van der Waals surface area contributed by atoms with E-state index in [9.17, 15) is 9.59 Å². The number of aliphatic carboxylic acids is 1. The topological polar surface area (TPSA) is 88.5 Å². The van der Waals surface area contributed by atoms with Gasteiger partial charge in [-0.15, -0.1) is 0 Å². The van der Waals surface area contributed by atoms with Gasteiger partial charge in [-0.3, -0.25) is 14.6 Å². The minimum atomic E-state index is -0.761. The Bertz CT molecular complexity index is 449. The molecular weight excluding hydrogens is 260 g/mol. The lowest BCUT2D eigenvalue weighted by atomic mass is 10.1. The quantitative estimate of drug-likeness (QED) is 0.674. The van der Waals surface area contributed by atoms with Crippen LogP contribution in [0.15, 0.2) is 18.5 Å². The summed E-state index contributed by atoms with van der Waals surface area (Å²) in [5, 5.41) is 11.3. The van der Waals surface area contributed by atoms with Crippen LogP contribution in [-0.2, 0) is 4.79 Å². The maximum absolute atomic E-state index is 11.9. The summed E-state index contributed by atoms with van der Waals surface area (Å²) < 4.78 is 5.07. The maximum atomic E-state index is 11.9. The Balaban J connectivity index is 2.22. The van der Waals surface area contributed by atoms with Crippen LogP contribution in [0.1, 0.15) is 42.5 Å². The summed E-state index contributed by atoms with van der Waals surface area (Å²) in [6, 6.07) is 1.61. The summed E-state index contributed by atoms with van der Waals surface area (Å²) in [5.41, 5.74) is 0.466. The lowest BCUT2D eigenvalue weighted by Gasteiger charge is -2.08. The van der Waals surface area contributed by atoms with Crippen molar-refractivity contribution in [1.82, 2.24) is 10.3 Å². The van der Waals surface area contributed by atoms with Crippen LogP contribution in [0.4, 0.5) is 0 Å². The van der Waals surface area contributed by atoms with Gasteiger partial charge < -0.3 is 15.2 Å². The summed E-state index contributed by atoms with van der Waals surface area (Å²) in [6.07, 6.45) is 6.53. The van der Waals surface area contributed by atoms with Crippen LogP contribution in [0.25, 0.3) is 0 Å². The molecule has 20 heavy (non-hydrogen) atoms. The molecule has 1 aromatic rings. The number of carboxylic acids is 1. The minimum Gasteiger partial charge on any atom is -0.494 e. The number of carbonyl (C=O) groups excluding carboxylic acids is 1. The number of aromatic nitrogens is 1. The average molecular weight is 280 g/mol. The third-order valence-corrected chi connectivity index (χ3v) is 2.85. The minimum absolute atomic E-state index is 0.185. The molecule has 6 nitrogen and oxygen atoms in total. The highest BCUT2D eigenvalue weighted by Crippen LogP contribution is 2.15. The Morgan fingerprint density at radius 1 is 1.30 bits per heavy atom. The van der Waals surface area contributed by atoms with Crippen LogP contribution in [0.2, 0.25) is 0 Å². The van der Waals surface area contributed by atoms with E-state index >= 15 is 0 Å². The standard InChI is InChI=1S/C14H20N2O4/c1-20-12-10-15-9-7-11(12)14(19)16-8-5-3-2-4-6-13(17)18/h7,9-10H,2-6,8H2,1H3,(H,16,19)(H,17,18). The number of nitrogens with zero attached hydrogens (tertiary/aromatic N) is 1. The van der Waals surface area contributed by atoms with Crippen LogP contribution in [0, 0.1) is 0 Å². The molecule has 0 radical (unpaired) electrons. The van der Waals surface area contributed by atoms with E-state index in [1.165, 1.54) is 13.3 Å². The zero-order valence-corrected chi connectivity index (χ0v) is 11.6. The first-order valence-electron chi connectivity index (χ1n) is 6.63. The van der Waals surface area contributed by atoms with Gasteiger partial charge in [-0.25, -0.2) is 0 Å². The van der Waals surface area contributed by atoms with Crippen molar-refractivity contribution in [1.29, 1.82) is 0 Å². The van der Waals surface area contributed by atoms with E-state index in [1.54, 1.807) is 12.3 Å². The third-order valence-electron chi connectivity index (χ3n) is 2.85. The highest BCUT2D eigenvalue weighted by atomic mass is 16.5. The van der Waals surface area contributed by atoms with Gasteiger partial charge in [0.05, 0.1) is 18.9 Å². The molecule has 0 saturated heterocycles. The Kier molecular flexibility index (Phi) is 7.10. The lowest BCUT2D eigenvalue weighted by Crippen LogP contribution is -2.25. The first kappa shape index (κ1) is 15.9. The molecule has 0 aliphatic rings. The van der Waals surface area contributed by atoms with Crippen LogP contribution in [0.5, 0.6) is 5.75 Å². The first-order chi connectivity index (χ1) is 9.65. The summed E-state index contributed by atoms with van der Waals surface area (Å²) >= 11 is 0. The molecule has 0 saturated carbocycles. The third kappa shape index (κ3) is 5.69. The van der Waals surface area contributed by atoms with Crippen molar-refractivity contribution < 1.29 is 19.4 Å².